The van der Waals surface area contributed by atoms with E-state index in [1.165, 1.54) is 36.6 Å². The minimum atomic E-state index is -0.631. The van der Waals surface area contributed by atoms with Crippen molar-refractivity contribution >= 4 is 23.3 Å². The summed E-state index contributed by atoms with van der Waals surface area (Å²) in [7, 11) is 1.35. The van der Waals surface area contributed by atoms with Crippen molar-refractivity contribution in [2.45, 2.75) is 90.0 Å². The molecule has 2 amide bonds. The van der Waals surface area contributed by atoms with Crippen LogP contribution in [-0.2, 0) is 20.4 Å². The lowest BCUT2D eigenvalue weighted by atomic mass is 9.63. The zero-order valence-corrected chi connectivity index (χ0v) is 23.6. The van der Waals surface area contributed by atoms with Gasteiger partial charge in [0.15, 0.2) is 0 Å². The minimum absolute atomic E-state index is 0.0343. The number of carbonyl (C=O) groups excluding carboxylic acids is 2. The molecule has 2 aliphatic rings. The molecule has 0 saturated carbocycles. The summed E-state index contributed by atoms with van der Waals surface area (Å²) in [4.78, 5) is 31.6. The Morgan fingerprint density at radius 3 is 2.33 bits per heavy atom. The first-order valence-corrected chi connectivity index (χ1v) is 14.0. The van der Waals surface area contributed by atoms with Crippen molar-refractivity contribution in [2.75, 3.05) is 20.2 Å². The van der Waals surface area contributed by atoms with Crippen LogP contribution in [-0.4, -0.2) is 48.1 Å². The fourth-order valence-electron chi connectivity index (χ4n) is 5.53. The van der Waals surface area contributed by atoms with Crippen LogP contribution in [0.25, 0.3) is 11.3 Å². The molecule has 0 radical (unpaired) electrons. The van der Waals surface area contributed by atoms with E-state index >= 15 is 0 Å². The van der Waals surface area contributed by atoms with Gasteiger partial charge in [0, 0.05) is 30.0 Å². The van der Waals surface area contributed by atoms with Crippen molar-refractivity contribution in [3.63, 3.8) is 0 Å². The summed E-state index contributed by atoms with van der Waals surface area (Å²) in [5, 5.41) is 6.18. The SMILES string of the molecule is COC(=O)C(NC(=O)N1CCC(c2nc(-c3ccc4c(c3)C(C)(C)CCC4(C)C)cs2)CC1)C(C)C. The number of likely N-dealkylation sites (tertiary alicyclic amines) is 1. The molecule has 1 unspecified atom stereocenters. The van der Waals surface area contributed by atoms with Gasteiger partial charge in [0.05, 0.1) is 17.8 Å². The van der Waals surface area contributed by atoms with E-state index < -0.39 is 12.0 Å². The van der Waals surface area contributed by atoms with Crippen molar-refractivity contribution in [3.05, 3.63) is 39.7 Å². The average Bonchev–Trinajstić information content (AvgIpc) is 3.35. The van der Waals surface area contributed by atoms with Crippen LogP contribution in [0.1, 0.15) is 89.3 Å². The maximum absolute atomic E-state index is 12.8. The molecule has 1 aromatic carbocycles. The smallest absolute Gasteiger partial charge is 0.328 e. The van der Waals surface area contributed by atoms with E-state index in [-0.39, 0.29) is 22.8 Å². The van der Waals surface area contributed by atoms with Crippen LogP contribution >= 0.6 is 11.3 Å². The number of aromatic nitrogens is 1. The highest BCUT2D eigenvalue weighted by Crippen LogP contribution is 2.47. The third-order valence-corrected chi connectivity index (χ3v) is 9.21. The van der Waals surface area contributed by atoms with Gasteiger partial charge in [-0.2, -0.15) is 0 Å². The molecule has 36 heavy (non-hydrogen) atoms. The molecule has 196 valence electrons. The zero-order valence-electron chi connectivity index (χ0n) is 22.8. The second-order valence-corrected chi connectivity index (χ2v) is 12.9. The van der Waals surface area contributed by atoms with Crippen LogP contribution in [0.3, 0.4) is 0 Å². The number of fused-ring (bicyclic) bond motifs is 1. The van der Waals surface area contributed by atoms with Crippen LogP contribution < -0.4 is 5.32 Å². The summed E-state index contributed by atoms with van der Waals surface area (Å²) in [5.41, 5.74) is 5.56. The molecule has 2 heterocycles. The Morgan fingerprint density at radius 2 is 1.72 bits per heavy atom. The Balaban J connectivity index is 1.42. The average molecular weight is 512 g/mol. The van der Waals surface area contributed by atoms with Gasteiger partial charge in [-0.15, -0.1) is 11.3 Å². The topological polar surface area (TPSA) is 71.5 Å². The van der Waals surface area contributed by atoms with Crippen molar-refractivity contribution in [1.82, 2.24) is 15.2 Å². The number of urea groups is 1. The van der Waals surface area contributed by atoms with Crippen LogP contribution in [0.4, 0.5) is 4.79 Å². The fraction of sp³-hybridized carbons (Fsp3) is 0.621. The first-order chi connectivity index (χ1) is 16.9. The summed E-state index contributed by atoms with van der Waals surface area (Å²) in [6.07, 6.45) is 4.15. The fourth-order valence-corrected chi connectivity index (χ4v) is 6.53. The summed E-state index contributed by atoms with van der Waals surface area (Å²) >= 11 is 1.73. The molecule has 1 aliphatic heterocycles. The number of hydrogen-bond donors (Lipinski definition) is 1. The van der Waals surface area contributed by atoms with Crippen LogP contribution in [0.15, 0.2) is 23.6 Å². The third-order valence-electron chi connectivity index (χ3n) is 8.20. The zero-order chi connectivity index (χ0) is 26.3. The van der Waals surface area contributed by atoms with E-state index in [0.29, 0.717) is 19.0 Å². The van der Waals surface area contributed by atoms with E-state index in [2.05, 4.69) is 56.6 Å². The number of piperidine rings is 1. The Hall–Kier alpha value is -2.41. The van der Waals surface area contributed by atoms with Crippen LogP contribution in [0, 0.1) is 5.92 Å². The number of esters is 1. The van der Waals surface area contributed by atoms with Gasteiger partial charge >= 0.3 is 12.0 Å². The molecule has 7 heteroatoms. The van der Waals surface area contributed by atoms with Gasteiger partial charge in [-0.3, -0.25) is 0 Å². The van der Waals surface area contributed by atoms with Crippen molar-refractivity contribution < 1.29 is 14.3 Å². The van der Waals surface area contributed by atoms with Gasteiger partial charge in [-0.25, -0.2) is 14.6 Å². The number of benzene rings is 1. The number of amides is 2. The molecule has 1 aliphatic carbocycles. The second kappa shape index (κ2) is 10.2. The molecule has 6 nitrogen and oxygen atoms in total. The van der Waals surface area contributed by atoms with Gasteiger partial charge in [0.1, 0.15) is 6.04 Å². The Kier molecular flexibility index (Phi) is 7.52. The molecule has 1 N–H and O–H groups in total. The van der Waals surface area contributed by atoms with E-state index in [0.717, 1.165) is 23.5 Å². The number of nitrogens with one attached hydrogen (secondary N) is 1. The number of rotatable bonds is 5. The summed E-state index contributed by atoms with van der Waals surface area (Å²) < 4.78 is 4.85. The standard InChI is InChI=1S/C29H41N3O3S/c1-18(2)24(26(33)35-7)31-27(34)32-14-10-19(11-15-32)25-30-23(17-36-25)20-8-9-21-22(16-20)29(5,6)13-12-28(21,3)4/h8-9,16-19,24H,10-15H2,1-7H3,(H,31,34). The van der Waals surface area contributed by atoms with Crippen molar-refractivity contribution in [1.29, 1.82) is 0 Å². The molecule has 0 spiro atoms. The molecule has 1 saturated heterocycles. The normalized spacial score (nSPS) is 20.1. The number of carbonyl (C=O) groups is 2. The number of ether oxygens (including phenoxy) is 1. The van der Waals surface area contributed by atoms with Crippen molar-refractivity contribution in [3.8, 4) is 11.3 Å². The second-order valence-electron chi connectivity index (χ2n) is 12.1. The molecule has 1 fully saturated rings. The lowest BCUT2D eigenvalue weighted by Crippen LogP contribution is -2.52. The Bertz CT molecular complexity index is 1110. The predicted molar refractivity (Wildman–Crippen MR) is 146 cm³/mol. The highest BCUT2D eigenvalue weighted by atomic mass is 32.1. The van der Waals surface area contributed by atoms with Gasteiger partial charge < -0.3 is 15.0 Å². The molecule has 2 aromatic rings. The van der Waals surface area contributed by atoms with Gasteiger partial charge in [-0.1, -0.05) is 53.7 Å². The van der Waals surface area contributed by atoms with E-state index in [1.807, 2.05) is 13.8 Å². The first kappa shape index (κ1) is 26.6. The van der Waals surface area contributed by atoms with Crippen LogP contribution in [0.2, 0.25) is 0 Å². The largest absolute Gasteiger partial charge is 0.467 e. The van der Waals surface area contributed by atoms with Crippen molar-refractivity contribution in [2.24, 2.45) is 5.92 Å². The number of hydrogen-bond acceptors (Lipinski definition) is 5. The first-order valence-electron chi connectivity index (χ1n) is 13.2. The minimum Gasteiger partial charge on any atom is -0.467 e. The quantitative estimate of drug-likeness (QED) is 0.482. The van der Waals surface area contributed by atoms with Gasteiger partial charge in [-0.05, 0) is 59.6 Å². The van der Waals surface area contributed by atoms with E-state index in [4.69, 9.17) is 9.72 Å². The predicted octanol–water partition coefficient (Wildman–Crippen LogP) is 6.25. The maximum Gasteiger partial charge on any atom is 0.328 e. The number of nitrogens with zero attached hydrogens (tertiary/aromatic N) is 2. The third kappa shape index (κ3) is 5.31. The Labute approximate surface area is 219 Å². The van der Waals surface area contributed by atoms with E-state index in [1.54, 1.807) is 16.2 Å². The summed E-state index contributed by atoms with van der Waals surface area (Å²) in [6, 6.07) is 6.10. The lowest BCUT2D eigenvalue weighted by Gasteiger charge is -2.42. The molecule has 1 aromatic heterocycles. The van der Waals surface area contributed by atoms with Crippen LogP contribution in [0.5, 0.6) is 0 Å². The van der Waals surface area contributed by atoms with Gasteiger partial charge in [0.25, 0.3) is 0 Å². The monoisotopic (exact) mass is 511 g/mol. The maximum atomic E-state index is 12.8. The van der Waals surface area contributed by atoms with E-state index in [9.17, 15) is 9.59 Å². The molecular formula is C29H41N3O3S. The molecular weight excluding hydrogens is 470 g/mol. The Morgan fingerprint density at radius 1 is 1.08 bits per heavy atom. The highest BCUT2D eigenvalue weighted by Gasteiger charge is 2.37. The number of methoxy groups -OCH3 is 1. The summed E-state index contributed by atoms with van der Waals surface area (Å²) in [5.74, 6) is -0.0899. The molecule has 0 bridgehead atoms. The molecule has 1 atom stereocenters. The van der Waals surface area contributed by atoms with Gasteiger partial charge in [0.2, 0.25) is 0 Å². The highest BCUT2D eigenvalue weighted by molar-refractivity contribution is 7.10. The lowest BCUT2D eigenvalue weighted by molar-refractivity contribution is -0.144. The molecule has 4 rings (SSSR count). The number of thiazole rings is 1. The summed E-state index contributed by atoms with van der Waals surface area (Å²) in [6.45, 7) is 14.5.